The average molecular weight is 208 g/mol. The van der Waals surface area contributed by atoms with Crippen molar-refractivity contribution in [2.45, 2.75) is 25.9 Å². The molecule has 5 heteroatoms. The third kappa shape index (κ3) is 2.36. The van der Waals surface area contributed by atoms with E-state index in [2.05, 4.69) is 17.2 Å². The second-order valence-corrected chi connectivity index (χ2v) is 4.08. The minimum Gasteiger partial charge on any atom is -0.348 e. The minimum atomic E-state index is -0.0832. The molecule has 1 saturated carbocycles. The van der Waals surface area contributed by atoms with Crippen LogP contribution in [0, 0.1) is 5.92 Å². The predicted octanol–water partition coefficient (Wildman–Crippen LogP) is -0.0200. The fourth-order valence-corrected chi connectivity index (χ4v) is 1.51. The van der Waals surface area contributed by atoms with Crippen LogP contribution in [0.15, 0.2) is 12.5 Å². The van der Waals surface area contributed by atoms with Crippen molar-refractivity contribution < 1.29 is 4.79 Å². The number of imidazole rings is 1. The number of hydrogen-bond donors (Lipinski definition) is 2. The first-order valence-corrected chi connectivity index (χ1v) is 5.23. The van der Waals surface area contributed by atoms with Gasteiger partial charge in [-0.05, 0) is 12.3 Å². The highest BCUT2D eigenvalue weighted by molar-refractivity contribution is 5.92. The maximum absolute atomic E-state index is 11.6. The van der Waals surface area contributed by atoms with E-state index in [1.807, 2.05) is 4.57 Å². The van der Waals surface area contributed by atoms with Gasteiger partial charge in [0.05, 0.1) is 6.33 Å². The highest BCUT2D eigenvalue weighted by Crippen LogP contribution is 2.29. The van der Waals surface area contributed by atoms with Crippen molar-refractivity contribution in [1.82, 2.24) is 14.9 Å². The van der Waals surface area contributed by atoms with E-state index in [0.29, 0.717) is 30.7 Å². The van der Waals surface area contributed by atoms with Gasteiger partial charge in [0.25, 0.3) is 5.91 Å². The average Bonchev–Trinajstić information content (AvgIpc) is 2.72. The maximum Gasteiger partial charge on any atom is 0.271 e. The summed E-state index contributed by atoms with van der Waals surface area (Å²) in [6.07, 6.45) is 4.45. The normalized spacial score (nSPS) is 23.9. The van der Waals surface area contributed by atoms with Crippen LogP contribution < -0.4 is 11.1 Å². The lowest BCUT2D eigenvalue weighted by Crippen LogP contribution is -2.26. The zero-order valence-electron chi connectivity index (χ0n) is 8.81. The number of rotatable bonds is 4. The molecule has 82 valence electrons. The van der Waals surface area contributed by atoms with E-state index in [-0.39, 0.29) is 5.91 Å². The van der Waals surface area contributed by atoms with Crippen molar-refractivity contribution in [3.05, 3.63) is 18.2 Å². The second kappa shape index (κ2) is 4.02. The summed E-state index contributed by atoms with van der Waals surface area (Å²) in [6.45, 7) is 3.37. The third-order valence-corrected chi connectivity index (χ3v) is 2.68. The molecule has 0 bridgehead atoms. The Kier molecular flexibility index (Phi) is 2.73. The molecule has 1 amide bonds. The molecule has 2 unspecified atom stereocenters. The van der Waals surface area contributed by atoms with Crippen molar-refractivity contribution in [2.24, 2.45) is 11.7 Å². The molecule has 0 spiro atoms. The topological polar surface area (TPSA) is 72.9 Å². The van der Waals surface area contributed by atoms with Gasteiger partial charge in [-0.2, -0.15) is 0 Å². The molecule has 1 aliphatic rings. The van der Waals surface area contributed by atoms with Crippen LogP contribution in [-0.4, -0.2) is 28.0 Å². The Bertz CT molecular complexity index is 360. The molecule has 0 saturated heterocycles. The highest BCUT2D eigenvalue weighted by Gasteiger charge is 2.34. The molecule has 2 rings (SSSR count). The van der Waals surface area contributed by atoms with Crippen LogP contribution in [0.3, 0.4) is 0 Å². The Balaban J connectivity index is 1.93. The number of nitrogens with zero attached hydrogens (tertiary/aromatic N) is 2. The quantitative estimate of drug-likeness (QED) is 0.730. The van der Waals surface area contributed by atoms with Crippen molar-refractivity contribution in [2.75, 3.05) is 6.54 Å². The lowest BCUT2D eigenvalue weighted by atomic mass is 10.4. The van der Waals surface area contributed by atoms with Crippen molar-refractivity contribution in [1.29, 1.82) is 0 Å². The summed E-state index contributed by atoms with van der Waals surface area (Å²) < 4.78 is 1.82. The third-order valence-electron chi connectivity index (χ3n) is 2.68. The zero-order chi connectivity index (χ0) is 10.8. The molecule has 1 fully saturated rings. The molecular formula is C10H16N4O. The van der Waals surface area contributed by atoms with Crippen LogP contribution in [0.2, 0.25) is 0 Å². The molecule has 0 radical (unpaired) electrons. The fourth-order valence-electron chi connectivity index (χ4n) is 1.51. The van der Waals surface area contributed by atoms with E-state index in [1.165, 1.54) is 0 Å². The number of aromatic nitrogens is 2. The number of amides is 1. The molecule has 2 atom stereocenters. The lowest BCUT2D eigenvalue weighted by Gasteiger charge is -1.99. The zero-order valence-corrected chi connectivity index (χ0v) is 8.81. The number of carbonyl (C=O) groups excluding carboxylic acids is 1. The van der Waals surface area contributed by atoms with Crippen LogP contribution in [-0.2, 0) is 6.54 Å². The monoisotopic (exact) mass is 208 g/mol. The first-order valence-electron chi connectivity index (χ1n) is 5.23. The van der Waals surface area contributed by atoms with E-state index in [0.717, 1.165) is 6.42 Å². The Morgan fingerprint density at radius 2 is 2.53 bits per heavy atom. The number of nitrogens with one attached hydrogen (secondary N) is 1. The first-order chi connectivity index (χ1) is 7.20. The van der Waals surface area contributed by atoms with Crippen molar-refractivity contribution >= 4 is 5.91 Å². The summed E-state index contributed by atoms with van der Waals surface area (Å²) in [5.41, 5.74) is 5.88. The lowest BCUT2D eigenvalue weighted by molar-refractivity contribution is 0.0944. The summed E-state index contributed by atoms with van der Waals surface area (Å²) >= 11 is 0. The maximum atomic E-state index is 11.6. The van der Waals surface area contributed by atoms with Crippen LogP contribution in [0.25, 0.3) is 0 Å². The smallest absolute Gasteiger partial charge is 0.271 e. The van der Waals surface area contributed by atoms with Crippen LogP contribution >= 0.6 is 0 Å². The molecule has 0 aromatic carbocycles. The summed E-state index contributed by atoms with van der Waals surface area (Å²) in [5, 5.41) is 2.93. The summed E-state index contributed by atoms with van der Waals surface area (Å²) in [5.74, 6) is 0.528. The van der Waals surface area contributed by atoms with Crippen LogP contribution in [0.5, 0.6) is 0 Å². The summed E-state index contributed by atoms with van der Waals surface area (Å²) in [4.78, 5) is 15.7. The minimum absolute atomic E-state index is 0.0832. The van der Waals surface area contributed by atoms with Gasteiger partial charge in [0.15, 0.2) is 0 Å². The largest absolute Gasteiger partial charge is 0.348 e. The summed E-state index contributed by atoms with van der Waals surface area (Å²) in [6, 6.07) is 0.345. The van der Waals surface area contributed by atoms with E-state index < -0.39 is 0 Å². The SMILES string of the molecule is CC1CC1NC(=O)c1cn(CCN)cn1. The van der Waals surface area contributed by atoms with Gasteiger partial charge in [-0.15, -0.1) is 0 Å². The molecule has 1 aliphatic carbocycles. The van der Waals surface area contributed by atoms with Gasteiger partial charge in [0.1, 0.15) is 5.69 Å². The first kappa shape index (κ1) is 10.2. The van der Waals surface area contributed by atoms with Crippen molar-refractivity contribution in [3.63, 3.8) is 0 Å². The highest BCUT2D eigenvalue weighted by atomic mass is 16.2. The van der Waals surface area contributed by atoms with E-state index in [4.69, 9.17) is 5.73 Å². The second-order valence-electron chi connectivity index (χ2n) is 4.08. The Morgan fingerprint density at radius 1 is 1.80 bits per heavy atom. The molecule has 3 N–H and O–H groups in total. The molecule has 5 nitrogen and oxygen atoms in total. The fraction of sp³-hybridized carbons (Fsp3) is 0.600. The number of nitrogens with two attached hydrogens (primary N) is 1. The molecule has 1 aromatic heterocycles. The molecule has 0 aliphatic heterocycles. The van der Waals surface area contributed by atoms with Gasteiger partial charge in [-0.3, -0.25) is 4.79 Å². The van der Waals surface area contributed by atoms with Crippen LogP contribution in [0.1, 0.15) is 23.8 Å². The van der Waals surface area contributed by atoms with Gasteiger partial charge >= 0.3 is 0 Å². The van der Waals surface area contributed by atoms with Gasteiger partial charge in [-0.25, -0.2) is 4.98 Å². The Hall–Kier alpha value is -1.36. The van der Waals surface area contributed by atoms with Gasteiger partial charge in [0, 0.05) is 25.3 Å². The standard InChI is InChI=1S/C10H16N4O/c1-7-4-8(7)13-10(15)9-5-14(3-2-11)6-12-9/h5-8H,2-4,11H2,1H3,(H,13,15). The van der Waals surface area contributed by atoms with E-state index in [9.17, 15) is 4.79 Å². The molecular weight excluding hydrogens is 192 g/mol. The van der Waals surface area contributed by atoms with Crippen molar-refractivity contribution in [3.8, 4) is 0 Å². The summed E-state index contributed by atoms with van der Waals surface area (Å²) in [7, 11) is 0. The number of carbonyl (C=O) groups is 1. The molecule has 1 aromatic rings. The van der Waals surface area contributed by atoms with Gasteiger partial charge < -0.3 is 15.6 Å². The van der Waals surface area contributed by atoms with E-state index in [1.54, 1.807) is 12.5 Å². The molecule has 15 heavy (non-hydrogen) atoms. The van der Waals surface area contributed by atoms with Gasteiger partial charge in [-0.1, -0.05) is 6.92 Å². The van der Waals surface area contributed by atoms with Gasteiger partial charge in [0.2, 0.25) is 0 Å². The van der Waals surface area contributed by atoms with E-state index >= 15 is 0 Å². The Morgan fingerprint density at radius 3 is 3.13 bits per heavy atom. The Labute approximate surface area is 88.7 Å². The van der Waals surface area contributed by atoms with Crippen LogP contribution in [0.4, 0.5) is 0 Å². The number of hydrogen-bond acceptors (Lipinski definition) is 3. The predicted molar refractivity (Wildman–Crippen MR) is 56.3 cm³/mol. The molecule has 1 heterocycles.